The normalized spacial score (nSPS) is 16.1. The van der Waals surface area contributed by atoms with Crippen molar-refractivity contribution in [3.8, 4) is 11.3 Å². The Morgan fingerprint density at radius 1 is 1.08 bits per heavy atom. The number of nitrogens with one attached hydrogen (secondary N) is 1. The Hall–Kier alpha value is -2.52. The Morgan fingerprint density at radius 2 is 1.92 bits per heavy atom. The second kappa shape index (κ2) is 5.84. The molecule has 1 aromatic heterocycles. The molecule has 2 heterocycles. The van der Waals surface area contributed by atoms with Crippen LogP contribution in [0.15, 0.2) is 59.0 Å². The number of benzene rings is 2. The number of aryl methyl sites for hydroxylation is 1. The number of anilines is 1. The van der Waals surface area contributed by atoms with E-state index in [1.807, 2.05) is 61.5 Å². The monoisotopic (exact) mass is 337 g/mol. The molecule has 4 heteroatoms. The molecule has 0 saturated carbocycles. The number of carbonyl (C=O) groups excluding carboxylic acids is 1. The van der Waals surface area contributed by atoms with Gasteiger partial charge in [0.1, 0.15) is 11.5 Å². The summed E-state index contributed by atoms with van der Waals surface area (Å²) in [4.78, 5) is 12.3. The highest BCUT2D eigenvalue weighted by atomic mass is 35.5. The summed E-state index contributed by atoms with van der Waals surface area (Å²) in [5.74, 6) is 1.30. The number of amides is 1. The van der Waals surface area contributed by atoms with E-state index >= 15 is 0 Å². The van der Waals surface area contributed by atoms with E-state index in [9.17, 15) is 4.79 Å². The van der Waals surface area contributed by atoms with Crippen LogP contribution in [0.1, 0.15) is 22.8 Å². The fraction of sp³-hybridized carbons (Fsp3) is 0.150. The molecule has 1 atom stereocenters. The van der Waals surface area contributed by atoms with Gasteiger partial charge in [0.2, 0.25) is 5.91 Å². The summed E-state index contributed by atoms with van der Waals surface area (Å²) in [6, 6.07) is 17.4. The van der Waals surface area contributed by atoms with Gasteiger partial charge < -0.3 is 9.73 Å². The number of hydrogen-bond acceptors (Lipinski definition) is 2. The predicted molar refractivity (Wildman–Crippen MR) is 95.4 cm³/mol. The molecule has 2 aromatic carbocycles. The average molecular weight is 338 g/mol. The van der Waals surface area contributed by atoms with Gasteiger partial charge in [-0.05, 0) is 42.3 Å². The molecule has 0 aliphatic carbocycles. The van der Waals surface area contributed by atoms with Gasteiger partial charge in [0.15, 0.2) is 0 Å². The largest absolute Gasteiger partial charge is 0.461 e. The molecule has 1 aliphatic heterocycles. The minimum atomic E-state index is -0.217. The third-order valence-electron chi connectivity index (χ3n) is 4.45. The fourth-order valence-corrected chi connectivity index (χ4v) is 3.43. The number of furan rings is 1. The first-order valence-electron chi connectivity index (χ1n) is 7.87. The van der Waals surface area contributed by atoms with Crippen molar-refractivity contribution in [3.63, 3.8) is 0 Å². The molecule has 0 fully saturated rings. The Balaban J connectivity index is 1.63. The molecular formula is C20H16ClNO2. The zero-order valence-electron chi connectivity index (χ0n) is 13.2. The van der Waals surface area contributed by atoms with Crippen molar-refractivity contribution in [2.45, 2.75) is 19.3 Å². The van der Waals surface area contributed by atoms with E-state index in [1.54, 1.807) is 0 Å². The van der Waals surface area contributed by atoms with Gasteiger partial charge in [0, 0.05) is 17.7 Å². The number of halogens is 1. The van der Waals surface area contributed by atoms with Crippen LogP contribution in [0.4, 0.5) is 5.69 Å². The predicted octanol–water partition coefficient (Wildman–Crippen LogP) is 5.19. The summed E-state index contributed by atoms with van der Waals surface area (Å²) in [7, 11) is 0. The van der Waals surface area contributed by atoms with Crippen LogP contribution in [0.25, 0.3) is 11.3 Å². The van der Waals surface area contributed by atoms with Crippen molar-refractivity contribution in [1.82, 2.24) is 0 Å². The topological polar surface area (TPSA) is 42.2 Å². The first kappa shape index (κ1) is 15.0. The molecule has 3 nitrogen and oxygen atoms in total. The highest BCUT2D eigenvalue weighted by Crippen LogP contribution is 2.38. The van der Waals surface area contributed by atoms with Crippen molar-refractivity contribution in [1.29, 1.82) is 0 Å². The van der Waals surface area contributed by atoms with Crippen LogP contribution in [-0.2, 0) is 11.2 Å². The van der Waals surface area contributed by atoms with E-state index in [0.29, 0.717) is 11.4 Å². The Bertz CT molecular complexity index is 929. The molecule has 1 aliphatic rings. The zero-order chi connectivity index (χ0) is 16.7. The summed E-state index contributed by atoms with van der Waals surface area (Å²) >= 11 is 6.22. The van der Waals surface area contributed by atoms with Crippen LogP contribution in [0.2, 0.25) is 5.02 Å². The van der Waals surface area contributed by atoms with Gasteiger partial charge in [0.05, 0.1) is 10.9 Å². The standard InChI is InChI=1S/C20H16ClNO2/c1-12-5-4-7-14-16(20(23)22-19(12)14)11-13-9-10-18(24-13)15-6-2-3-8-17(15)21/h2-10,16H,11H2,1H3,(H,22,23)/t16-/m0/s1. The van der Waals surface area contributed by atoms with Crippen molar-refractivity contribution < 1.29 is 9.21 Å². The first-order valence-corrected chi connectivity index (χ1v) is 8.25. The lowest BCUT2D eigenvalue weighted by atomic mass is 9.95. The molecule has 0 saturated heterocycles. The second-order valence-corrected chi connectivity index (χ2v) is 6.44. The van der Waals surface area contributed by atoms with Gasteiger partial charge in [-0.3, -0.25) is 4.79 Å². The van der Waals surface area contributed by atoms with Gasteiger partial charge in [-0.2, -0.15) is 0 Å². The lowest BCUT2D eigenvalue weighted by Crippen LogP contribution is -2.14. The van der Waals surface area contributed by atoms with Gasteiger partial charge in [-0.25, -0.2) is 0 Å². The zero-order valence-corrected chi connectivity index (χ0v) is 13.9. The summed E-state index contributed by atoms with van der Waals surface area (Å²) in [5, 5.41) is 3.63. The minimum absolute atomic E-state index is 0.0231. The average Bonchev–Trinajstić information content (AvgIpc) is 3.15. The maximum atomic E-state index is 12.3. The number of hydrogen-bond donors (Lipinski definition) is 1. The van der Waals surface area contributed by atoms with E-state index in [-0.39, 0.29) is 11.8 Å². The second-order valence-electron chi connectivity index (χ2n) is 6.03. The summed E-state index contributed by atoms with van der Waals surface area (Å²) < 4.78 is 5.94. The van der Waals surface area contributed by atoms with E-state index in [2.05, 4.69) is 5.32 Å². The van der Waals surface area contributed by atoms with E-state index in [1.165, 1.54) is 0 Å². The van der Waals surface area contributed by atoms with Crippen LogP contribution in [-0.4, -0.2) is 5.91 Å². The highest BCUT2D eigenvalue weighted by molar-refractivity contribution is 6.33. The smallest absolute Gasteiger partial charge is 0.232 e. The molecule has 120 valence electrons. The van der Waals surface area contributed by atoms with Gasteiger partial charge >= 0.3 is 0 Å². The molecule has 0 radical (unpaired) electrons. The first-order chi connectivity index (χ1) is 11.6. The summed E-state index contributed by atoms with van der Waals surface area (Å²) in [5.41, 5.74) is 3.91. The summed E-state index contributed by atoms with van der Waals surface area (Å²) in [6.07, 6.45) is 0.534. The number of carbonyl (C=O) groups is 1. The fourth-order valence-electron chi connectivity index (χ4n) is 3.20. The van der Waals surface area contributed by atoms with E-state index in [4.69, 9.17) is 16.0 Å². The van der Waals surface area contributed by atoms with Crippen LogP contribution < -0.4 is 5.32 Å². The van der Waals surface area contributed by atoms with Crippen molar-refractivity contribution in [2.75, 3.05) is 5.32 Å². The Morgan fingerprint density at radius 3 is 2.75 bits per heavy atom. The van der Waals surface area contributed by atoms with Gasteiger partial charge in [-0.1, -0.05) is 41.9 Å². The third-order valence-corrected chi connectivity index (χ3v) is 4.78. The quantitative estimate of drug-likeness (QED) is 0.715. The molecule has 0 spiro atoms. The van der Waals surface area contributed by atoms with Gasteiger partial charge in [0.25, 0.3) is 0 Å². The van der Waals surface area contributed by atoms with Crippen LogP contribution in [0, 0.1) is 6.92 Å². The third kappa shape index (κ3) is 2.51. The maximum absolute atomic E-state index is 12.3. The lowest BCUT2D eigenvalue weighted by Gasteiger charge is -2.07. The molecule has 1 N–H and O–H groups in total. The van der Waals surface area contributed by atoms with Crippen molar-refractivity contribution in [2.24, 2.45) is 0 Å². The van der Waals surface area contributed by atoms with Crippen molar-refractivity contribution >= 4 is 23.2 Å². The minimum Gasteiger partial charge on any atom is -0.461 e. The number of fused-ring (bicyclic) bond motifs is 1. The van der Waals surface area contributed by atoms with Crippen LogP contribution >= 0.6 is 11.6 Å². The molecule has 3 aromatic rings. The van der Waals surface area contributed by atoms with Crippen LogP contribution in [0.5, 0.6) is 0 Å². The lowest BCUT2D eigenvalue weighted by molar-refractivity contribution is -0.117. The Labute approximate surface area is 145 Å². The highest BCUT2D eigenvalue weighted by Gasteiger charge is 2.32. The van der Waals surface area contributed by atoms with Gasteiger partial charge in [-0.15, -0.1) is 0 Å². The molecule has 0 unspecified atom stereocenters. The maximum Gasteiger partial charge on any atom is 0.232 e. The molecule has 0 bridgehead atoms. The SMILES string of the molecule is Cc1cccc2c1NC(=O)[C@H]2Cc1ccc(-c2ccccc2Cl)o1. The molecule has 4 rings (SSSR count). The van der Waals surface area contributed by atoms with E-state index in [0.717, 1.165) is 33.9 Å². The number of rotatable bonds is 3. The Kier molecular flexibility index (Phi) is 3.66. The van der Waals surface area contributed by atoms with Crippen molar-refractivity contribution in [3.05, 3.63) is 76.5 Å². The molecule has 24 heavy (non-hydrogen) atoms. The van der Waals surface area contributed by atoms with Crippen LogP contribution in [0.3, 0.4) is 0 Å². The molecule has 1 amide bonds. The summed E-state index contributed by atoms with van der Waals surface area (Å²) in [6.45, 7) is 2.00. The number of para-hydroxylation sites is 1. The van der Waals surface area contributed by atoms with E-state index < -0.39 is 0 Å². The molecular weight excluding hydrogens is 322 g/mol.